The van der Waals surface area contributed by atoms with Gasteiger partial charge in [0.05, 0.1) is 13.2 Å². The van der Waals surface area contributed by atoms with Gasteiger partial charge in [-0.05, 0) is 63.8 Å². The van der Waals surface area contributed by atoms with Gasteiger partial charge in [-0.15, -0.1) is 24.0 Å². The van der Waals surface area contributed by atoms with E-state index in [1.165, 1.54) is 24.5 Å². The molecule has 33 heavy (non-hydrogen) atoms. The summed E-state index contributed by atoms with van der Waals surface area (Å²) in [4.78, 5) is 8.86. The predicted octanol–water partition coefficient (Wildman–Crippen LogP) is 4.02. The Bertz CT molecular complexity index is 902. The molecule has 0 saturated carbocycles. The van der Waals surface area contributed by atoms with Gasteiger partial charge in [0.2, 0.25) is 0 Å². The van der Waals surface area contributed by atoms with Crippen LogP contribution in [0.2, 0.25) is 0 Å². The van der Waals surface area contributed by atoms with Gasteiger partial charge in [-0.3, -0.25) is 9.89 Å². The van der Waals surface area contributed by atoms with Crippen molar-refractivity contribution >= 4 is 29.9 Å². The van der Waals surface area contributed by atoms with E-state index in [0.717, 1.165) is 36.9 Å². The molecule has 0 radical (unpaired) electrons. The number of hydrogen-bond acceptors (Lipinski definition) is 4. The Balaban J connectivity index is 0.00000385. The van der Waals surface area contributed by atoms with Crippen molar-refractivity contribution in [3.05, 3.63) is 65.0 Å². The maximum atomic E-state index is 14.1. The van der Waals surface area contributed by atoms with E-state index in [4.69, 9.17) is 4.74 Å². The second kappa shape index (κ2) is 13.7. The summed E-state index contributed by atoms with van der Waals surface area (Å²) in [7, 11) is 7.37. The highest BCUT2D eigenvalue weighted by Crippen LogP contribution is 2.31. The van der Waals surface area contributed by atoms with Crippen LogP contribution in [0.4, 0.5) is 4.39 Å². The zero-order valence-electron chi connectivity index (χ0n) is 20.1. The fourth-order valence-corrected chi connectivity index (χ4v) is 4.23. The predicted molar refractivity (Wildman–Crippen MR) is 144 cm³/mol. The van der Waals surface area contributed by atoms with Crippen LogP contribution in [0.25, 0.3) is 0 Å². The SMILES string of the molecule is CN=C(NCc1ccc(F)c(CN(C)C)c1)NCC(c1ccccc1OC)N1CCCC1.I. The largest absolute Gasteiger partial charge is 0.496 e. The van der Waals surface area contributed by atoms with E-state index in [0.29, 0.717) is 18.7 Å². The van der Waals surface area contributed by atoms with Gasteiger partial charge in [-0.25, -0.2) is 4.39 Å². The summed E-state index contributed by atoms with van der Waals surface area (Å²) in [5.74, 6) is 1.46. The summed E-state index contributed by atoms with van der Waals surface area (Å²) in [5, 5.41) is 6.85. The van der Waals surface area contributed by atoms with Crippen LogP contribution >= 0.6 is 24.0 Å². The van der Waals surface area contributed by atoms with Crippen molar-refractivity contribution in [3.63, 3.8) is 0 Å². The molecule has 1 aliphatic heterocycles. The second-order valence-corrected chi connectivity index (χ2v) is 8.47. The zero-order chi connectivity index (χ0) is 22.9. The molecule has 0 bridgehead atoms. The minimum absolute atomic E-state index is 0. The van der Waals surface area contributed by atoms with Crippen LogP contribution in [0.5, 0.6) is 5.75 Å². The number of rotatable bonds is 9. The molecule has 1 aliphatic rings. The molecule has 1 saturated heterocycles. The van der Waals surface area contributed by atoms with E-state index < -0.39 is 0 Å². The smallest absolute Gasteiger partial charge is 0.191 e. The van der Waals surface area contributed by atoms with Gasteiger partial charge in [0.25, 0.3) is 0 Å². The number of ether oxygens (including phenoxy) is 1. The second-order valence-electron chi connectivity index (χ2n) is 8.47. The lowest BCUT2D eigenvalue weighted by Gasteiger charge is -2.30. The molecule has 0 spiro atoms. The van der Waals surface area contributed by atoms with Crippen molar-refractivity contribution in [2.75, 3.05) is 47.9 Å². The molecule has 0 amide bonds. The van der Waals surface area contributed by atoms with Gasteiger partial charge in [-0.1, -0.05) is 24.3 Å². The van der Waals surface area contributed by atoms with Crippen LogP contribution in [-0.4, -0.2) is 63.6 Å². The Morgan fingerprint density at radius 2 is 1.88 bits per heavy atom. The van der Waals surface area contributed by atoms with E-state index in [-0.39, 0.29) is 35.8 Å². The van der Waals surface area contributed by atoms with Gasteiger partial charge in [-0.2, -0.15) is 0 Å². The third-order valence-corrected chi connectivity index (χ3v) is 5.82. The summed E-state index contributed by atoms with van der Waals surface area (Å²) in [5.41, 5.74) is 2.90. The van der Waals surface area contributed by atoms with Crippen LogP contribution in [0, 0.1) is 5.82 Å². The first kappa shape index (κ1) is 27.3. The Morgan fingerprint density at radius 1 is 1.15 bits per heavy atom. The minimum Gasteiger partial charge on any atom is -0.496 e. The molecule has 1 unspecified atom stereocenters. The Morgan fingerprint density at radius 3 is 2.55 bits per heavy atom. The number of likely N-dealkylation sites (tertiary alicyclic amines) is 1. The van der Waals surface area contributed by atoms with Crippen molar-refractivity contribution in [1.29, 1.82) is 0 Å². The highest BCUT2D eigenvalue weighted by Gasteiger charge is 2.26. The van der Waals surface area contributed by atoms with Crippen LogP contribution in [0.15, 0.2) is 47.5 Å². The van der Waals surface area contributed by atoms with Gasteiger partial charge >= 0.3 is 0 Å². The lowest BCUT2D eigenvalue weighted by Crippen LogP contribution is -2.42. The number of halogens is 2. The monoisotopic (exact) mass is 569 g/mol. The molecule has 0 aliphatic carbocycles. The van der Waals surface area contributed by atoms with E-state index in [2.05, 4.69) is 32.7 Å². The molecular weight excluding hydrogens is 532 g/mol. The molecule has 0 aromatic heterocycles. The minimum atomic E-state index is -0.171. The first-order valence-electron chi connectivity index (χ1n) is 11.3. The molecule has 1 heterocycles. The molecule has 1 fully saturated rings. The molecule has 182 valence electrons. The summed E-state index contributed by atoms with van der Waals surface area (Å²) in [6, 6.07) is 13.7. The molecule has 2 aromatic carbocycles. The Kier molecular flexibility index (Phi) is 11.4. The maximum Gasteiger partial charge on any atom is 0.191 e. The van der Waals surface area contributed by atoms with Crippen LogP contribution < -0.4 is 15.4 Å². The lowest BCUT2D eigenvalue weighted by atomic mass is 10.0. The molecule has 8 heteroatoms. The number of para-hydroxylation sites is 1. The Labute approximate surface area is 214 Å². The quantitative estimate of drug-likeness (QED) is 0.272. The van der Waals surface area contributed by atoms with Gasteiger partial charge < -0.3 is 20.3 Å². The fourth-order valence-electron chi connectivity index (χ4n) is 4.23. The maximum absolute atomic E-state index is 14.1. The normalized spacial score (nSPS) is 15.3. The van der Waals surface area contributed by atoms with E-state index >= 15 is 0 Å². The van der Waals surface area contributed by atoms with Crippen molar-refractivity contribution in [3.8, 4) is 5.75 Å². The average Bonchev–Trinajstić information content (AvgIpc) is 3.32. The number of nitrogens with zero attached hydrogens (tertiary/aromatic N) is 3. The summed E-state index contributed by atoms with van der Waals surface area (Å²) in [6.45, 7) is 4.03. The molecule has 2 N–H and O–H groups in total. The van der Waals surface area contributed by atoms with E-state index in [1.807, 2.05) is 43.3 Å². The topological polar surface area (TPSA) is 52.1 Å². The highest BCUT2D eigenvalue weighted by atomic mass is 127. The first-order valence-corrected chi connectivity index (χ1v) is 11.3. The number of methoxy groups -OCH3 is 1. The van der Waals surface area contributed by atoms with E-state index in [1.54, 1.807) is 14.2 Å². The number of aliphatic imine (C=N–C) groups is 1. The summed E-state index contributed by atoms with van der Waals surface area (Å²) < 4.78 is 19.7. The number of guanidine groups is 1. The number of benzene rings is 2. The van der Waals surface area contributed by atoms with Crippen molar-refractivity contribution in [2.45, 2.75) is 32.0 Å². The lowest BCUT2D eigenvalue weighted by molar-refractivity contribution is 0.239. The first-order chi connectivity index (χ1) is 15.5. The fraction of sp³-hybridized carbons (Fsp3) is 0.480. The number of nitrogens with one attached hydrogen (secondary N) is 2. The van der Waals surface area contributed by atoms with Crippen molar-refractivity contribution in [2.24, 2.45) is 4.99 Å². The van der Waals surface area contributed by atoms with Gasteiger partial charge in [0.15, 0.2) is 5.96 Å². The third kappa shape index (κ3) is 7.82. The highest BCUT2D eigenvalue weighted by molar-refractivity contribution is 14.0. The summed E-state index contributed by atoms with van der Waals surface area (Å²) >= 11 is 0. The van der Waals surface area contributed by atoms with Crippen molar-refractivity contribution in [1.82, 2.24) is 20.4 Å². The Hall–Kier alpha value is -1.91. The van der Waals surface area contributed by atoms with E-state index in [9.17, 15) is 4.39 Å². The molecule has 1 atom stereocenters. The third-order valence-electron chi connectivity index (χ3n) is 5.82. The van der Waals surface area contributed by atoms with Crippen LogP contribution in [-0.2, 0) is 13.1 Å². The number of hydrogen-bond donors (Lipinski definition) is 2. The van der Waals surface area contributed by atoms with Crippen molar-refractivity contribution < 1.29 is 9.13 Å². The standard InChI is InChI=1S/C25H36FN5O.HI/c1-27-25(28-16-19-11-12-22(26)20(15-19)18-30(2)3)29-17-23(31-13-7-8-14-31)21-9-5-6-10-24(21)32-4;/h5-6,9-12,15,23H,7-8,13-14,16-18H2,1-4H3,(H2,27,28,29);1H. The summed E-state index contributed by atoms with van der Waals surface area (Å²) in [6.07, 6.45) is 2.44. The van der Waals surface area contributed by atoms with Gasteiger partial charge in [0, 0.05) is 37.8 Å². The molecule has 6 nitrogen and oxygen atoms in total. The molecule has 2 aromatic rings. The van der Waals surface area contributed by atoms with Gasteiger partial charge in [0.1, 0.15) is 11.6 Å². The van der Waals surface area contributed by atoms with Crippen LogP contribution in [0.1, 0.15) is 35.6 Å². The molecule has 3 rings (SSSR count). The zero-order valence-corrected chi connectivity index (χ0v) is 22.4. The van der Waals surface area contributed by atoms with Crippen LogP contribution in [0.3, 0.4) is 0 Å². The average molecular weight is 570 g/mol. The molecular formula is C25H37FIN5O.